The van der Waals surface area contributed by atoms with Crippen LogP contribution in [-0.4, -0.2) is 42.7 Å². The SMILES string of the molecule is CC(C)NC(=S)NCC1(C)CCN(C)CC1. The zero-order valence-corrected chi connectivity index (χ0v) is 11.8. The molecule has 0 aromatic carbocycles. The molecule has 16 heavy (non-hydrogen) atoms. The topological polar surface area (TPSA) is 27.3 Å². The molecule has 0 bridgehead atoms. The predicted octanol–water partition coefficient (Wildman–Crippen LogP) is 1.59. The average molecular weight is 243 g/mol. The van der Waals surface area contributed by atoms with Crippen molar-refractivity contribution < 1.29 is 0 Å². The molecule has 1 heterocycles. The summed E-state index contributed by atoms with van der Waals surface area (Å²) in [5, 5.41) is 7.35. The quantitative estimate of drug-likeness (QED) is 0.736. The Bertz CT molecular complexity index is 232. The lowest BCUT2D eigenvalue weighted by molar-refractivity contribution is 0.142. The molecule has 0 saturated carbocycles. The van der Waals surface area contributed by atoms with Gasteiger partial charge in [-0.15, -0.1) is 0 Å². The first-order chi connectivity index (χ1) is 7.41. The van der Waals surface area contributed by atoms with Crippen LogP contribution in [0.4, 0.5) is 0 Å². The number of hydrogen-bond donors (Lipinski definition) is 2. The average Bonchev–Trinajstić information content (AvgIpc) is 2.20. The number of hydrogen-bond acceptors (Lipinski definition) is 2. The molecule has 0 aliphatic carbocycles. The van der Waals surface area contributed by atoms with Crippen LogP contribution in [0.1, 0.15) is 33.6 Å². The number of likely N-dealkylation sites (tertiary alicyclic amines) is 1. The number of thiocarbonyl (C=S) groups is 1. The molecule has 1 aliphatic heterocycles. The second-order valence-electron chi connectivity index (χ2n) is 5.60. The summed E-state index contributed by atoms with van der Waals surface area (Å²) in [5.74, 6) is 0. The largest absolute Gasteiger partial charge is 0.362 e. The second kappa shape index (κ2) is 5.82. The molecule has 0 radical (unpaired) electrons. The minimum absolute atomic E-state index is 0.398. The number of rotatable bonds is 3. The monoisotopic (exact) mass is 243 g/mol. The van der Waals surface area contributed by atoms with E-state index in [0.29, 0.717) is 11.5 Å². The second-order valence-corrected chi connectivity index (χ2v) is 6.00. The van der Waals surface area contributed by atoms with Gasteiger partial charge in [-0.2, -0.15) is 0 Å². The molecule has 94 valence electrons. The van der Waals surface area contributed by atoms with Gasteiger partial charge in [0.1, 0.15) is 0 Å². The maximum atomic E-state index is 5.24. The Labute approximate surface area is 105 Å². The van der Waals surface area contributed by atoms with Gasteiger partial charge in [0.05, 0.1) is 0 Å². The Hall–Kier alpha value is -0.350. The van der Waals surface area contributed by atoms with Crippen molar-refractivity contribution in [2.45, 2.75) is 39.7 Å². The van der Waals surface area contributed by atoms with Crippen molar-refractivity contribution in [2.24, 2.45) is 5.41 Å². The standard InChI is InChI=1S/C12H25N3S/c1-10(2)14-11(16)13-9-12(3)5-7-15(4)8-6-12/h10H,5-9H2,1-4H3,(H2,13,14,16). The van der Waals surface area contributed by atoms with Crippen molar-refractivity contribution in [1.29, 1.82) is 0 Å². The predicted molar refractivity (Wildman–Crippen MR) is 73.7 cm³/mol. The Morgan fingerprint density at radius 1 is 1.38 bits per heavy atom. The summed E-state index contributed by atoms with van der Waals surface area (Å²) < 4.78 is 0. The fourth-order valence-corrected chi connectivity index (χ4v) is 2.25. The summed E-state index contributed by atoms with van der Waals surface area (Å²) in [4.78, 5) is 2.40. The van der Waals surface area contributed by atoms with E-state index in [1.807, 2.05) is 0 Å². The molecule has 1 saturated heterocycles. The van der Waals surface area contributed by atoms with Crippen LogP contribution in [0.5, 0.6) is 0 Å². The highest BCUT2D eigenvalue weighted by Gasteiger charge is 2.28. The van der Waals surface area contributed by atoms with E-state index in [1.165, 1.54) is 25.9 Å². The molecule has 1 fully saturated rings. The van der Waals surface area contributed by atoms with E-state index < -0.39 is 0 Å². The van der Waals surface area contributed by atoms with Crippen molar-refractivity contribution in [3.8, 4) is 0 Å². The molecule has 0 atom stereocenters. The van der Waals surface area contributed by atoms with Crippen molar-refractivity contribution >= 4 is 17.3 Å². The first-order valence-corrected chi connectivity index (χ1v) is 6.55. The highest BCUT2D eigenvalue weighted by Crippen LogP contribution is 2.29. The van der Waals surface area contributed by atoms with Crippen molar-refractivity contribution in [3.63, 3.8) is 0 Å². The molecule has 4 heteroatoms. The van der Waals surface area contributed by atoms with E-state index in [-0.39, 0.29) is 0 Å². The zero-order chi connectivity index (χ0) is 12.2. The lowest BCUT2D eigenvalue weighted by atomic mass is 9.80. The molecule has 1 aliphatic rings. The normalized spacial score (nSPS) is 20.8. The third-order valence-corrected chi connectivity index (χ3v) is 3.55. The fraction of sp³-hybridized carbons (Fsp3) is 0.917. The molecular weight excluding hydrogens is 218 g/mol. The van der Waals surface area contributed by atoms with Crippen molar-refractivity contribution in [1.82, 2.24) is 15.5 Å². The van der Waals surface area contributed by atoms with E-state index in [2.05, 4.69) is 43.4 Å². The molecular formula is C12H25N3S. The van der Waals surface area contributed by atoms with Crippen LogP contribution in [0, 0.1) is 5.41 Å². The van der Waals surface area contributed by atoms with E-state index in [9.17, 15) is 0 Å². The van der Waals surface area contributed by atoms with E-state index in [1.54, 1.807) is 0 Å². The third-order valence-electron chi connectivity index (χ3n) is 3.29. The van der Waals surface area contributed by atoms with Gasteiger partial charge in [0.15, 0.2) is 5.11 Å². The first-order valence-electron chi connectivity index (χ1n) is 6.14. The van der Waals surface area contributed by atoms with Crippen LogP contribution >= 0.6 is 12.2 Å². The van der Waals surface area contributed by atoms with Gasteiger partial charge < -0.3 is 15.5 Å². The van der Waals surface area contributed by atoms with E-state index in [4.69, 9.17) is 12.2 Å². The van der Waals surface area contributed by atoms with E-state index >= 15 is 0 Å². The Kier molecular flexibility index (Phi) is 4.99. The fourth-order valence-electron chi connectivity index (χ4n) is 1.94. The minimum Gasteiger partial charge on any atom is -0.362 e. The molecule has 0 unspecified atom stereocenters. The maximum Gasteiger partial charge on any atom is 0.166 e. The lowest BCUT2D eigenvalue weighted by Crippen LogP contribution is -2.47. The highest BCUT2D eigenvalue weighted by molar-refractivity contribution is 7.80. The number of nitrogens with zero attached hydrogens (tertiary/aromatic N) is 1. The van der Waals surface area contributed by atoms with Gasteiger partial charge in [0.25, 0.3) is 0 Å². The lowest BCUT2D eigenvalue weighted by Gasteiger charge is -2.38. The van der Waals surface area contributed by atoms with Gasteiger partial charge in [0.2, 0.25) is 0 Å². The minimum atomic E-state index is 0.398. The summed E-state index contributed by atoms with van der Waals surface area (Å²) >= 11 is 5.24. The molecule has 0 spiro atoms. The van der Waals surface area contributed by atoms with Crippen molar-refractivity contribution in [2.75, 3.05) is 26.7 Å². The summed E-state index contributed by atoms with van der Waals surface area (Å²) in [5.41, 5.74) is 0.398. The summed E-state index contributed by atoms with van der Waals surface area (Å²) in [7, 11) is 2.19. The molecule has 3 nitrogen and oxygen atoms in total. The van der Waals surface area contributed by atoms with Crippen molar-refractivity contribution in [3.05, 3.63) is 0 Å². The molecule has 0 aromatic heterocycles. The maximum absolute atomic E-state index is 5.24. The van der Waals surface area contributed by atoms with Gasteiger partial charge in [-0.3, -0.25) is 0 Å². The third kappa shape index (κ3) is 4.66. The summed E-state index contributed by atoms with van der Waals surface area (Å²) in [6, 6.07) is 0.408. The van der Waals surface area contributed by atoms with Gasteiger partial charge in [-0.25, -0.2) is 0 Å². The van der Waals surface area contributed by atoms with Crippen LogP contribution < -0.4 is 10.6 Å². The van der Waals surface area contributed by atoms with Gasteiger partial charge >= 0.3 is 0 Å². The van der Waals surface area contributed by atoms with Crippen LogP contribution in [0.25, 0.3) is 0 Å². The molecule has 2 N–H and O–H groups in total. The van der Waals surface area contributed by atoms with Crippen LogP contribution in [0.3, 0.4) is 0 Å². The summed E-state index contributed by atoms with van der Waals surface area (Å²) in [6.45, 7) is 9.94. The number of nitrogens with one attached hydrogen (secondary N) is 2. The Morgan fingerprint density at radius 2 is 1.94 bits per heavy atom. The van der Waals surface area contributed by atoms with Gasteiger partial charge in [-0.05, 0) is 64.5 Å². The first kappa shape index (κ1) is 13.7. The zero-order valence-electron chi connectivity index (χ0n) is 11.0. The van der Waals surface area contributed by atoms with E-state index in [0.717, 1.165) is 11.7 Å². The highest BCUT2D eigenvalue weighted by atomic mass is 32.1. The summed E-state index contributed by atoms with van der Waals surface area (Å²) in [6.07, 6.45) is 2.50. The molecule has 0 amide bonds. The van der Waals surface area contributed by atoms with Crippen LogP contribution in [0.2, 0.25) is 0 Å². The van der Waals surface area contributed by atoms with Crippen LogP contribution in [-0.2, 0) is 0 Å². The number of piperidine rings is 1. The van der Waals surface area contributed by atoms with Gasteiger partial charge in [-0.1, -0.05) is 6.92 Å². The molecule has 0 aromatic rings. The van der Waals surface area contributed by atoms with Gasteiger partial charge in [0, 0.05) is 12.6 Å². The van der Waals surface area contributed by atoms with Crippen LogP contribution in [0.15, 0.2) is 0 Å². The molecule has 1 rings (SSSR count). The Balaban J connectivity index is 2.28. The smallest absolute Gasteiger partial charge is 0.166 e. The Morgan fingerprint density at radius 3 is 2.44 bits per heavy atom.